The lowest BCUT2D eigenvalue weighted by Crippen LogP contribution is -2.18. The SMILES string of the molecule is CCOC(=O)CNc1c(-c2cccc(OS(=O)(=O)c3c(C)cc(C)cc3C)c2)nc2cccc(C)n12. The lowest BCUT2D eigenvalue weighted by atomic mass is 10.1. The maximum atomic E-state index is 13.2. The summed E-state index contributed by atoms with van der Waals surface area (Å²) in [6, 6.07) is 16.1. The van der Waals surface area contributed by atoms with E-state index in [9.17, 15) is 13.2 Å². The van der Waals surface area contributed by atoms with E-state index in [-0.39, 0.29) is 29.8 Å². The van der Waals surface area contributed by atoms with E-state index in [0.717, 1.165) is 11.3 Å². The highest BCUT2D eigenvalue weighted by Gasteiger charge is 2.23. The molecule has 0 saturated heterocycles. The van der Waals surface area contributed by atoms with Gasteiger partial charge in [0.25, 0.3) is 0 Å². The number of aryl methyl sites for hydroxylation is 4. The van der Waals surface area contributed by atoms with Crippen molar-refractivity contribution in [1.82, 2.24) is 9.38 Å². The Morgan fingerprint density at radius 3 is 2.39 bits per heavy atom. The summed E-state index contributed by atoms with van der Waals surface area (Å²) in [6.45, 7) is 9.37. The van der Waals surface area contributed by atoms with E-state index in [0.29, 0.717) is 33.8 Å². The third kappa shape index (κ3) is 5.06. The van der Waals surface area contributed by atoms with Crippen molar-refractivity contribution in [2.24, 2.45) is 0 Å². The van der Waals surface area contributed by atoms with Crippen LogP contribution in [0, 0.1) is 27.7 Å². The number of nitrogens with zero attached hydrogens (tertiary/aromatic N) is 2. The maximum absolute atomic E-state index is 13.2. The Morgan fingerprint density at radius 1 is 1.00 bits per heavy atom. The number of carbonyl (C=O) groups excluding carboxylic acids is 1. The van der Waals surface area contributed by atoms with Crippen molar-refractivity contribution in [2.45, 2.75) is 39.5 Å². The van der Waals surface area contributed by atoms with Gasteiger partial charge in [0.1, 0.15) is 34.3 Å². The minimum Gasteiger partial charge on any atom is -0.465 e. The van der Waals surface area contributed by atoms with Gasteiger partial charge in [0.2, 0.25) is 0 Å². The molecule has 0 spiro atoms. The zero-order valence-electron chi connectivity index (χ0n) is 21.0. The monoisotopic (exact) mass is 507 g/mol. The largest absolute Gasteiger partial charge is 0.465 e. The summed E-state index contributed by atoms with van der Waals surface area (Å²) in [5.41, 5.74) is 5.03. The van der Waals surface area contributed by atoms with E-state index >= 15 is 0 Å². The van der Waals surface area contributed by atoms with Gasteiger partial charge in [0, 0.05) is 11.3 Å². The Labute approximate surface area is 211 Å². The molecule has 0 atom stereocenters. The first-order valence-electron chi connectivity index (χ1n) is 11.6. The molecule has 0 aliphatic heterocycles. The number of fused-ring (bicyclic) bond motifs is 1. The molecule has 8 nitrogen and oxygen atoms in total. The summed E-state index contributed by atoms with van der Waals surface area (Å²) in [4.78, 5) is 16.9. The highest BCUT2D eigenvalue weighted by atomic mass is 32.2. The summed E-state index contributed by atoms with van der Waals surface area (Å²) in [5, 5.41) is 3.14. The average Bonchev–Trinajstić information content (AvgIpc) is 3.17. The first-order chi connectivity index (χ1) is 17.1. The van der Waals surface area contributed by atoms with Crippen molar-refractivity contribution >= 4 is 27.6 Å². The van der Waals surface area contributed by atoms with E-state index in [1.165, 1.54) is 0 Å². The number of carbonyl (C=O) groups is 1. The molecule has 188 valence electrons. The van der Waals surface area contributed by atoms with E-state index in [2.05, 4.69) is 5.32 Å². The number of pyridine rings is 1. The molecule has 0 fully saturated rings. The molecular weight excluding hydrogens is 478 g/mol. The number of hydrogen-bond donors (Lipinski definition) is 1. The number of ether oxygens (including phenoxy) is 1. The maximum Gasteiger partial charge on any atom is 0.339 e. The van der Waals surface area contributed by atoms with Crippen LogP contribution < -0.4 is 9.50 Å². The summed E-state index contributed by atoms with van der Waals surface area (Å²) in [5.74, 6) is 0.373. The number of hydrogen-bond acceptors (Lipinski definition) is 7. The van der Waals surface area contributed by atoms with Gasteiger partial charge in [-0.05, 0) is 70.0 Å². The predicted octanol–water partition coefficient (Wildman–Crippen LogP) is 4.98. The van der Waals surface area contributed by atoms with Crippen molar-refractivity contribution in [3.05, 3.63) is 77.0 Å². The van der Waals surface area contributed by atoms with Crippen molar-refractivity contribution in [3.63, 3.8) is 0 Å². The lowest BCUT2D eigenvalue weighted by Gasteiger charge is -2.14. The molecule has 36 heavy (non-hydrogen) atoms. The van der Waals surface area contributed by atoms with Crippen LogP contribution in [0.25, 0.3) is 16.9 Å². The van der Waals surface area contributed by atoms with Gasteiger partial charge in [-0.15, -0.1) is 0 Å². The topological polar surface area (TPSA) is 99.0 Å². The minimum absolute atomic E-state index is 0.0421. The fourth-order valence-corrected chi connectivity index (χ4v) is 5.76. The van der Waals surface area contributed by atoms with Crippen LogP contribution in [-0.4, -0.2) is 36.9 Å². The van der Waals surface area contributed by atoms with E-state index in [1.807, 2.05) is 54.6 Å². The van der Waals surface area contributed by atoms with Crippen molar-refractivity contribution in [1.29, 1.82) is 0 Å². The molecule has 2 aromatic carbocycles. The first kappa shape index (κ1) is 25.2. The Kier molecular flexibility index (Phi) is 7.03. The standard InChI is InChI=1S/C27H29N3O5S/c1-6-34-24(31)16-28-27-25(29-23-12-7-9-20(5)30(23)27)21-10-8-11-22(15-21)35-36(32,33)26-18(3)13-17(2)14-19(26)4/h7-15,28H,6,16H2,1-5H3. The second-order valence-corrected chi connectivity index (χ2v) is 10.1. The van der Waals surface area contributed by atoms with E-state index in [1.54, 1.807) is 39.0 Å². The molecule has 4 aromatic rings. The summed E-state index contributed by atoms with van der Waals surface area (Å²) in [7, 11) is -4.06. The van der Waals surface area contributed by atoms with Gasteiger partial charge in [0.05, 0.1) is 6.61 Å². The van der Waals surface area contributed by atoms with E-state index in [4.69, 9.17) is 13.9 Å². The third-order valence-electron chi connectivity index (χ3n) is 5.71. The van der Waals surface area contributed by atoms with Crippen molar-refractivity contribution < 1.29 is 22.1 Å². The molecule has 0 saturated carbocycles. The lowest BCUT2D eigenvalue weighted by molar-refractivity contribution is -0.140. The Morgan fingerprint density at radius 2 is 1.69 bits per heavy atom. The Balaban J connectivity index is 1.74. The predicted molar refractivity (Wildman–Crippen MR) is 139 cm³/mol. The number of nitrogens with one attached hydrogen (secondary N) is 1. The van der Waals surface area contributed by atoms with Crippen LogP contribution >= 0.6 is 0 Å². The van der Waals surface area contributed by atoms with Crippen LogP contribution in [0.15, 0.2) is 59.5 Å². The van der Waals surface area contributed by atoms with Crippen molar-refractivity contribution in [3.8, 4) is 17.0 Å². The molecule has 0 bridgehead atoms. The molecule has 0 unspecified atom stereocenters. The van der Waals surface area contributed by atoms with Gasteiger partial charge in [-0.2, -0.15) is 8.42 Å². The second-order valence-electron chi connectivity index (χ2n) is 8.62. The van der Waals surface area contributed by atoms with Crippen LogP contribution in [-0.2, 0) is 19.6 Å². The molecule has 4 rings (SSSR count). The van der Waals surface area contributed by atoms with Gasteiger partial charge in [-0.1, -0.05) is 35.9 Å². The van der Waals surface area contributed by atoms with Crippen LogP contribution in [0.4, 0.5) is 5.82 Å². The quantitative estimate of drug-likeness (QED) is 0.265. The fourth-order valence-electron chi connectivity index (χ4n) is 4.41. The van der Waals surface area contributed by atoms with Crippen LogP contribution in [0.2, 0.25) is 0 Å². The molecule has 2 heterocycles. The summed E-state index contributed by atoms with van der Waals surface area (Å²) >= 11 is 0. The zero-order chi connectivity index (χ0) is 26.0. The second kappa shape index (κ2) is 10.0. The van der Waals surface area contributed by atoms with Crippen molar-refractivity contribution in [2.75, 3.05) is 18.5 Å². The Hall–Kier alpha value is -3.85. The van der Waals surface area contributed by atoms with Gasteiger partial charge in [0.15, 0.2) is 0 Å². The van der Waals surface area contributed by atoms with Crippen LogP contribution in [0.3, 0.4) is 0 Å². The van der Waals surface area contributed by atoms with Gasteiger partial charge >= 0.3 is 16.1 Å². The molecule has 9 heteroatoms. The molecule has 0 aliphatic rings. The molecule has 1 N–H and O–H groups in total. The highest BCUT2D eigenvalue weighted by Crippen LogP contribution is 2.33. The van der Waals surface area contributed by atoms with Gasteiger partial charge in [-0.3, -0.25) is 9.20 Å². The highest BCUT2D eigenvalue weighted by molar-refractivity contribution is 7.87. The molecule has 2 aromatic heterocycles. The minimum atomic E-state index is -4.06. The number of anilines is 1. The van der Waals surface area contributed by atoms with Gasteiger partial charge in [-0.25, -0.2) is 4.98 Å². The van der Waals surface area contributed by atoms with Crippen LogP contribution in [0.5, 0.6) is 5.75 Å². The number of benzene rings is 2. The summed E-state index contributed by atoms with van der Waals surface area (Å²) in [6.07, 6.45) is 0. The first-order valence-corrected chi connectivity index (χ1v) is 13.0. The molecule has 0 amide bonds. The smallest absolute Gasteiger partial charge is 0.339 e. The molecule has 0 aliphatic carbocycles. The third-order valence-corrected chi connectivity index (χ3v) is 7.27. The normalized spacial score (nSPS) is 11.5. The number of esters is 1. The van der Waals surface area contributed by atoms with Crippen LogP contribution in [0.1, 0.15) is 29.3 Å². The number of aromatic nitrogens is 2. The number of rotatable bonds is 8. The average molecular weight is 508 g/mol. The fraction of sp³-hybridized carbons (Fsp3) is 0.259. The molecule has 0 radical (unpaired) electrons. The van der Waals surface area contributed by atoms with E-state index < -0.39 is 10.1 Å². The molecular formula is C27H29N3O5S. The zero-order valence-corrected chi connectivity index (χ0v) is 21.8. The van der Waals surface area contributed by atoms with Gasteiger partial charge < -0.3 is 14.2 Å². The summed E-state index contributed by atoms with van der Waals surface area (Å²) < 4.78 is 38.9. The Bertz CT molecular complexity index is 1530. The number of imidazole rings is 1.